The van der Waals surface area contributed by atoms with Gasteiger partial charge in [0.1, 0.15) is 5.82 Å². The molecule has 2 atom stereocenters. The first-order chi connectivity index (χ1) is 16.4. The number of aryl methyl sites for hydroxylation is 4. The molecule has 0 radical (unpaired) electrons. The molecule has 7 nitrogen and oxygen atoms in total. The molecule has 34 heavy (non-hydrogen) atoms. The molecular formula is C27H32N4O3. The zero-order chi connectivity index (χ0) is 24.1. The maximum Gasteiger partial charge on any atom is 0.350 e. The van der Waals surface area contributed by atoms with Crippen molar-refractivity contribution in [1.29, 1.82) is 0 Å². The standard InChI is InChI=1S/C27H32N4O3/c1-15-8-16(2)26(17(3)9-15)31(21-10-19(21)14-28)25-13-22-20-12-24(34-5)23(33-4)11-18(20)6-7-30(22)27(32)29-25/h8-9,11-13,19,21H,6-7,10,14,28H2,1-5H3. The molecule has 0 amide bonds. The fourth-order valence-corrected chi connectivity index (χ4v) is 5.46. The quantitative estimate of drug-likeness (QED) is 0.601. The van der Waals surface area contributed by atoms with Crippen LogP contribution in [0.2, 0.25) is 0 Å². The molecule has 2 unspecified atom stereocenters. The minimum atomic E-state index is -0.231. The van der Waals surface area contributed by atoms with Gasteiger partial charge in [-0.05, 0) is 74.9 Å². The molecule has 2 aliphatic rings. The van der Waals surface area contributed by atoms with Crippen LogP contribution in [0.1, 0.15) is 28.7 Å². The predicted molar refractivity (Wildman–Crippen MR) is 134 cm³/mol. The number of aromatic nitrogens is 2. The Bertz CT molecular complexity index is 1310. The van der Waals surface area contributed by atoms with Gasteiger partial charge in [0, 0.05) is 29.9 Å². The molecule has 0 spiro atoms. The maximum atomic E-state index is 13.3. The number of fused-ring (bicyclic) bond motifs is 3. The highest BCUT2D eigenvalue weighted by Gasteiger charge is 2.43. The number of anilines is 2. The minimum Gasteiger partial charge on any atom is -0.493 e. The zero-order valence-electron chi connectivity index (χ0n) is 20.5. The first-order valence-electron chi connectivity index (χ1n) is 11.8. The number of hydrogen-bond donors (Lipinski definition) is 1. The number of benzene rings is 2. The van der Waals surface area contributed by atoms with Gasteiger partial charge < -0.3 is 20.1 Å². The number of nitrogens with two attached hydrogens (primary N) is 1. The van der Waals surface area contributed by atoms with Gasteiger partial charge in [-0.25, -0.2) is 4.79 Å². The molecule has 1 fully saturated rings. The van der Waals surface area contributed by atoms with Gasteiger partial charge in [-0.15, -0.1) is 0 Å². The molecule has 1 aliphatic carbocycles. The number of hydrogen-bond acceptors (Lipinski definition) is 6. The van der Waals surface area contributed by atoms with E-state index in [1.165, 1.54) is 16.7 Å². The Balaban J connectivity index is 1.71. The van der Waals surface area contributed by atoms with Crippen molar-refractivity contribution in [2.75, 3.05) is 25.7 Å². The lowest BCUT2D eigenvalue weighted by Crippen LogP contribution is -2.33. The Labute approximate surface area is 200 Å². The minimum absolute atomic E-state index is 0.230. The van der Waals surface area contributed by atoms with E-state index in [2.05, 4.69) is 48.9 Å². The van der Waals surface area contributed by atoms with Crippen molar-refractivity contribution in [3.63, 3.8) is 0 Å². The van der Waals surface area contributed by atoms with E-state index in [1.54, 1.807) is 18.8 Å². The maximum absolute atomic E-state index is 13.3. The highest BCUT2D eigenvalue weighted by atomic mass is 16.5. The van der Waals surface area contributed by atoms with E-state index < -0.39 is 0 Å². The second-order valence-electron chi connectivity index (χ2n) is 9.46. The third kappa shape index (κ3) is 3.64. The Hall–Kier alpha value is -3.32. The second-order valence-corrected chi connectivity index (χ2v) is 9.46. The fourth-order valence-electron chi connectivity index (χ4n) is 5.46. The third-order valence-corrected chi connectivity index (χ3v) is 7.13. The molecule has 178 valence electrons. The monoisotopic (exact) mass is 460 g/mol. The molecule has 0 saturated heterocycles. The molecule has 2 aromatic carbocycles. The van der Waals surface area contributed by atoms with Crippen LogP contribution in [0.25, 0.3) is 11.3 Å². The zero-order valence-corrected chi connectivity index (χ0v) is 20.5. The van der Waals surface area contributed by atoms with Crippen molar-refractivity contribution in [2.45, 2.75) is 46.2 Å². The summed E-state index contributed by atoms with van der Waals surface area (Å²) in [7, 11) is 3.27. The second kappa shape index (κ2) is 8.47. The highest BCUT2D eigenvalue weighted by molar-refractivity contribution is 5.76. The molecule has 7 heteroatoms. The molecule has 2 N–H and O–H groups in total. The van der Waals surface area contributed by atoms with E-state index in [1.807, 2.05) is 12.1 Å². The summed E-state index contributed by atoms with van der Waals surface area (Å²) in [5.74, 6) is 2.41. The van der Waals surface area contributed by atoms with E-state index >= 15 is 0 Å². The molecule has 3 aromatic rings. The number of rotatable bonds is 6. The first-order valence-corrected chi connectivity index (χ1v) is 11.8. The number of nitrogens with zero attached hydrogens (tertiary/aromatic N) is 3. The summed E-state index contributed by atoms with van der Waals surface area (Å²) < 4.78 is 12.8. The van der Waals surface area contributed by atoms with E-state index in [-0.39, 0.29) is 11.7 Å². The lowest BCUT2D eigenvalue weighted by molar-refractivity contribution is 0.354. The average molecular weight is 461 g/mol. The van der Waals surface area contributed by atoms with Crippen LogP contribution in [-0.2, 0) is 13.0 Å². The van der Waals surface area contributed by atoms with Crippen molar-refractivity contribution >= 4 is 11.5 Å². The Morgan fingerprint density at radius 2 is 1.74 bits per heavy atom. The Kier molecular flexibility index (Phi) is 5.60. The summed E-state index contributed by atoms with van der Waals surface area (Å²) in [5.41, 5.74) is 13.5. The smallest absolute Gasteiger partial charge is 0.350 e. The summed E-state index contributed by atoms with van der Waals surface area (Å²) in [6, 6.07) is 10.6. The van der Waals surface area contributed by atoms with Crippen LogP contribution in [-0.4, -0.2) is 36.4 Å². The van der Waals surface area contributed by atoms with E-state index in [0.717, 1.165) is 35.3 Å². The molecule has 1 saturated carbocycles. The average Bonchev–Trinajstić information content (AvgIpc) is 3.59. The topological polar surface area (TPSA) is 82.6 Å². The van der Waals surface area contributed by atoms with Crippen LogP contribution in [0.5, 0.6) is 11.5 Å². The van der Waals surface area contributed by atoms with Crippen molar-refractivity contribution in [2.24, 2.45) is 11.7 Å². The van der Waals surface area contributed by atoms with Crippen LogP contribution < -0.4 is 25.8 Å². The van der Waals surface area contributed by atoms with E-state index in [4.69, 9.17) is 15.2 Å². The largest absolute Gasteiger partial charge is 0.493 e. The van der Waals surface area contributed by atoms with Gasteiger partial charge in [0.05, 0.1) is 19.9 Å². The summed E-state index contributed by atoms with van der Waals surface area (Å²) in [5, 5.41) is 0. The van der Waals surface area contributed by atoms with Crippen molar-refractivity contribution < 1.29 is 9.47 Å². The Morgan fingerprint density at radius 3 is 2.35 bits per heavy atom. The number of ether oxygens (including phenoxy) is 2. The highest BCUT2D eigenvalue weighted by Crippen LogP contribution is 2.45. The normalized spacial score (nSPS) is 18.2. The van der Waals surface area contributed by atoms with Crippen molar-refractivity contribution in [3.05, 3.63) is 63.1 Å². The fraction of sp³-hybridized carbons (Fsp3) is 0.407. The Morgan fingerprint density at radius 1 is 1.06 bits per heavy atom. The summed E-state index contributed by atoms with van der Waals surface area (Å²) in [6.45, 7) is 7.56. The molecule has 2 heterocycles. The van der Waals surface area contributed by atoms with Gasteiger partial charge in [0.15, 0.2) is 11.5 Å². The molecule has 0 bridgehead atoms. The van der Waals surface area contributed by atoms with Gasteiger partial charge in [-0.3, -0.25) is 4.57 Å². The van der Waals surface area contributed by atoms with Crippen LogP contribution in [0.3, 0.4) is 0 Å². The van der Waals surface area contributed by atoms with E-state index in [9.17, 15) is 4.79 Å². The lowest BCUT2D eigenvalue weighted by Gasteiger charge is -2.30. The number of methoxy groups -OCH3 is 2. The summed E-state index contributed by atoms with van der Waals surface area (Å²) >= 11 is 0. The summed E-state index contributed by atoms with van der Waals surface area (Å²) in [4.78, 5) is 20.1. The van der Waals surface area contributed by atoms with Gasteiger partial charge in [-0.1, -0.05) is 17.7 Å². The first kappa shape index (κ1) is 22.5. The molecular weight excluding hydrogens is 428 g/mol. The SMILES string of the molecule is COc1cc2c(cc1OC)-c1cc(N(c3c(C)cc(C)cc3C)C3CC3CN)nc(=O)n1CC2. The van der Waals surface area contributed by atoms with Gasteiger partial charge >= 0.3 is 5.69 Å². The predicted octanol–water partition coefficient (Wildman–Crippen LogP) is 3.89. The van der Waals surface area contributed by atoms with Gasteiger partial charge in [0.2, 0.25) is 0 Å². The van der Waals surface area contributed by atoms with E-state index in [0.29, 0.717) is 36.3 Å². The van der Waals surface area contributed by atoms with Crippen LogP contribution in [0, 0.1) is 26.7 Å². The van der Waals surface area contributed by atoms with Crippen LogP contribution in [0.15, 0.2) is 35.1 Å². The van der Waals surface area contributed by atoms with Crippen molar-refractivity contribution in [3.8, 4) is 22.8 Å². The van der Waals surface area contributed by atoms with Crippen molar-refractivity contribution in [1.82, 2.24) is 9.55 Å². The summed E-state index contributed by atoms with van der Waals surface area (Å²) in [6.07, 6.45) is 1.73. The van der Waals surface area contributed by atoms with Gasteiger partial charge in [0.25, 0.3) is 0 Å². The molecule has 1 aliphatic heterocycles. The van der Waals surface area contributed by atoms with Crippen LogP contribution >= 0.6 is 0 Å². The van der Waals surface area contributed by atoms with Crippen LogP contribution in [0.4, 0.5) is 11.5 Å². The third-order valence-electron chi connectivity index (χ3n) is 7.13. The molecule has 5 rings (SSSR count). The molecule has 1 aromatic heterocycles. The van der Waals surface area contributed by atoms with Gasteiger partial charge in [-0.2, -0.15) is 4.98 Å². The lowest BCUT2D eigenvalue weighted by atomic mass is 9.96.